The van der Waals surface area contributed by atoms with Crippen molar-refractivity contribution in [3.05, 3.63) is 62.0 Å². The molecule has 2 aliphatic rings. The Bertz CT molecular complexity index is 1410. The molecule has 9 nitrogen and oxygen atoms in total. The summed E-state index contributed by atoms with van der Waals surface area (Å²) < 4.78 is 28.2. The maximum Gasteiger partial charge on any atom is 0.290 e. The molecular formula is C28H31ClN2O7. The summed E-state index contributed by atoms with van der Waals surface area (Å²) in [5, 5.41) is 0.792. The van der Waals surface area contributed by atoms with E-state index in [1.165, 1.54) is 21.3 Å². The Balaban J connectivity index is 1.63. The van der Waals surface area contributed by atoms with E-state index in [4.69, 9.17) is 35.0 Å². The summed E-state index contributed by atoms with van der Waals surface area (Å²) >= 11 is 6.36. The lowest BCUT2D eigenvalue weighted by Gasteiger charge is -2.29. The fourth-order valence-corrected chi connectivity index (χ4v) is 5.43. The minimum atomic E-state index is -0.698. The van der Waals surface area contributed by atoms with Crippen LogP contribution in [-0.2, 0) is 4.74 Å². The zero-order valence-corrected chi connectivity index (χ0v) is 22.7. The molecule has 3 heterocycles. The van der Waals surface area contributed by atoms with E-state index in [0.717, 1.165) is 31.6 Å². The van der Waals surface area contributed by atoms with Crippen LogP contribution in [0.2, 0.25) is 5.02 Å². The van der Waals surface area contributed by atoms with Gasteiger partial charge in [-0.05, 0) is 48.7 Å². The molecule has 0 aliphatic carbocycles. The number of carbonyl (C=O) groups excluding carboxylic acids is 1. The predicted molar refractivity (Wildman–Crippen MR) is 143 cm³/mol. The number of carbonyl (C=O) groups is 1. The van der Waals surface area contributed by atoms with Gasteiger partial charge in [0, 0.05) is 31.2 Å². The quantitative estimate of drug-likeness (QED) is 0.421. The molecule has 1 atom stereocenters. The molecule has 0 spiro atoms. The molecule has 2 aromatic carbocycles. The molecule has 0 bridgehead atoms. The van der Waals surface area contributed by atoms with Crippen LogP contribution >= 0.6 is 11.6 Å². The van der Waals surface area contributed by atoms with E-state index in [2.05, 4.69) is 4.90 Å². The van der Waals surface area contributed by atoms with Crippen molar-refractivity contribution in [3.63, 3.8) is 0 Å². The van der Waals surface area contributed by atoms with E-state index in [1.54, 1.807) is 29.2 Å². The Kier molecular flexibility index (Phi) is 7.52. The summed E-state index contributed by atoms with van der Waals surface area (Å²) in [4.78, 5) is 31.7. The number of fused-ring (bicyclic) bond motifs is 2. The number of rotatable bonds is 8. The van der Waals surface area contributed by atoms with Gasteiger partial charge in [-0.2, -0.15) is 0 Å². The first-order chi connectivity index (χ1) is 18.4. The molecule has 1 aromatic heterocycles. The number of hydrogen-bond acceptors (Lipinski definition) is 8. The summed E-state index contributed by atoms with van der Waals surface area (Å²) in [6.45, 7) is 6.19. The summed E-state index contributed by atoms with van der Waals surface area (Å²) in [5.41, 5.74) is 1.75. The fourth-order valence-electron chi connectivity index (χ4n) is 5.27. The average molecular weight is 543 g/mol. The van der Waals surface area contributed by atoms with Gasteiger partial charge in [0.1, 0.15) is 5.58 Å². The van der Waals surface area contributed by atoms with Gasteiger partial charge in [0.25, 0.3) is 5.91 Å². The summed E-state index contributed by atoms with van der Waals surface area (Å²) in [5.74, 6) is 1.01. The number of benzene rings is 2. The molecule has 202 valence electrons. The van der Waals surface area contributed by atoms with Crippen molar-refractivity contribution >= 4 is 28.5 Å². The maximum absolute atomic E-state index is 13.9. The third-order valence-electron chi connectivity index (χ3n) is 7.23. The summed E-state index contributed by atoms with van der Waals surface area (Å²) in [6.07, 6.45) is 0.722. The lowest BCUT2D eigenvalue weighted by Crippen LogP contribution is -2.38. The Morgan fingerprint density at radius 1 is 0.974 bits per heavy atom. The second-order valence-corrected chi connectivity index (χ2v) is 9.85. The highest BCUT2D eigenvalue weighted by Gasteiger charge is 2.43. The molecule has 3 aromatic rings. The molecule has 0 N–H and O–H groups in total. The first kappa shape index (κ1) is 26.3. The molecule has 2 aliphatic heterocycles. The van der Waals surface area contributed by atoms with Gasteiger partial charge in [0.05, 0.1) is 51.5 Å². The molecule has 5 rings (SSSR count). The number of ether oxygens (including phenoxy) is 4. The number of morpholine rings is 1. The molecule has 10 heteroatoms. The lowest BCUT2D eigenvalue weighted by atomic mass is 9.97. The molecule has 1 fully saturated rings. The SMILES string of the molecule is COc1cc(C2c3c(oc4cc(C)c(Cl)cc4c3=O)C(=O)N2CCCN2CCOCC2)cc(OC)c1OC. The second kappa shape index (κ2) is 10.8. The molecule has 0 saturated carbocycles. The number of amides is 1. The number of methoxy groups -OCH3 is 3. The highest BCUT2D eigenvalue weighted by molar-refractivity contribution is 6.32. The summed E-state index contributed by atoms with van der Waals surface area (Å²) in [6, 6.07) is 6.15. The highest BCUT2D eigenvalue weighted by Crippen LogP contribution is 2.45. The van der Waals surface area contributed by atoms with E-state index in [9.17, 15) is 9.59 Å². The van der Waals surface area contributed by atoms with Gasteiger partial charge in [-0.25, -0.2) is 0 Å². The smallest absolute Gasteiger partial charge is 0.290 e. The van der Waals surface area contributed by atoms with Gasteiger partial charge < -0.3 is 28.3 Å². The van der Waals surface area contributed by atoms with Crippen LogP contribution in [0.1, 0.15) is 39.7 Å². The van der Waals surface area contributed by atoms with Gasteiger partial charge in [-0.3, -0.25) is 14.5 Å². The fraction of sp³-hybridized carbons (Fsp3) is 0.429. The van der Waals surface area contributed by atoms with Gasteiger partial charge in [-0.15, -0.1) is 0 Å². The van der Waals surface area contributed by atoms with Crippen LogP contribution < -0.4 is 19.6 Å². The summed E-state index contributed by atoms with van der Waals surface area (Å²) in [7, 11) is 4.58. The first-order valence-electron chi connectivity index (χ1n) is 12.6. The molecule has 1 amide bonds. The zero-order chi connectivity index (χ0) is 27.0. The third-order valence-corrected chi connectivity index (χ3v) is 7.63. The number of hydrogen-bond donors (Lipinski definition) is 0. The van der Waals surface area contributed by atoms with Crippen molar-refractivity contribution in [1.29, 1.82) is 0 Å². The predicted octanol–water partition coefficient (Wildman–Crippen LogP) is 4.05. The van der Waals surface area contributed by atoms with E-state index in [-0.39, 0.29) is 22.7 Å². The monoisotopic (exact) mass is 542 g/mol. The zero-order valence-electron chi connectivity index (χ0n) is 22.0. The standard InChI is InChI=1S/C28H31ClN2O7/c1-16-12-20-18(15-19(16)29)25(32)23-24(17-13-21(34-2)26(36-4)22(14-17)35-3)31(28(33)27(23)38-20)7-5-6-30-8-10-37-11-9-30/h12-15,24H,5-11H2,1-4H3. The lowest BCUT2D eigenvalue weighted by molar-refractivity contribution is 0.0353. The van der Waals surface area contributed by atoms with Crippen LogP contribution in [-0.4, -0.2) is 76.4 Å². The van der Waals surface area contributed by atoms with Crippen molar-refractivity contribution in [2.75, 3.05) is 60.7 Å². The highest BCUT2D eigenvalue weighted by atomic mass is 35.5. The van der Waals surface area contributed by atoms with Gasteiger partial charge in [0.2, 0.25) is 11.5 Å². The van der Waals surface area contributed by atoms with Crippen molar-refractivity contribution in [2.24, 2.45) is 0 Å². The normalized spacial score (nSPS) is 17.7. The van der Waals surface area contributed by atoms with E-state index in [1.807, 2.05) is 6.92 Å². The van der Waals surface area contributed by atoms with Gasteiger partial charge in [0.15, 0.2) is 16.9 Å². The largest absolute Gasteiger partial charge is 0.493 e. The van der Waals surface area contributed by atoms with Crippen LogP contribution in [0.4, 0.5) is 0 Å². The molecular weight excluding hydrogens is 512 g/mol. The minimum Gasteiger partial charge on any atom is -0.493 e. The van der Waals surface area contributed by atoms with Crippen molar-refractivity contribution in [1.82, 2.24) is 9.80 Å². The van der Waals surface area contributed by atoms with Crippen LogP contribution in [0, 0.1) is 6.92 Å². The number of aryl methyl sites for hydroxylation is 1. The van der Waals surface area contributed by atoms with Crippen molar-refractivity contribution in [3.8, 4) is 17.2 Å². The van der Waals surface area contributed by atoms with Crippen LogP contribution in [0.5, 0.6) is 17.2 Å². The Morgan fingerprint density at radius 2 is 1.66 bits per heavy atom. The van der Waals surface area contributed by atoms with Crippen molar-refractivity contribution in [2.45, 2.75) is 19.4 Å². The Labute approximate surface area is 225 Å². The van der Waals surface area contributed by atoms with E-state index in [0.29, 0.717) is 58.6 Å². The first-order valence-corrected chi connectivity index (χ1v) is 12.9. The van der Waals surface area contributed by atoms with Crippen LogP contribution in [0.3, 0.4) is 0 Å². The van der Waals surface area contributed by atoms with Crippen molar-refractivity contribution < 1.29 is 28.2 Å². The van der Waals surface area contributed by atoms with E-state index < -0.39 is 6.04 Å². The second-order valence-electron chi connectivity index (χ2n) is 9.44. The van der Waals surface area contributed by atoms with Gasteiger partial charge >= 0.3 is 0 Å². The number of halogens is 1. The van der Waals surface area contributed by atoms with Crippen LogP contribution in [0.25, 0.3) is 11.0 Å². The number of nitrogens with zero attached hydrogens (tertiary/aromatic N) is 2. The van der Waals surface area contributed by atoms with Crippen LogP contribution in [0.15, 0.2) is 33.5 Å². The van der Waals surface area contributed by atoms with E-state index >= 15 is 0 Å². The molecule has 1 unspecified atom stereocenters. The maximum atomic E-state index is 13.9. The molecule has 0 radical (unpaired) electrons. The topological polar surface area (TPSA) is 90.7 Å². The average Bonchev–Trinajstić information content (AvgIpc) is 3.21. The minimum absolute atomic E-state index is 0.0503. The third kappa shape index (κ3) is 4.59. The molecule has 1 saturated heterocycles. The van der Waals surface area contributed by atoms with Gasteiger partial charge in [-0.1, -0.05) is 11.6 Å². The Morgan fingerprint density at radius 3 is 2.29 bits per heavy atom. The molecule has 38 heavy (non-hydrogen) atoms. The Hall–Kier alpha value is -3.27.